The molecule has 0 radical (unpaired) electrons. The predicted octanol–water partition coefficient (Wildman–Crippen LogP) is 17.2. The van der Waals surface area contributed by atoms with Gasteiger partial charge in [-0.15, -0.1) is 29.3 Å². The molecule has 1 N–H and O–H groups in total. The van der Waals surface area contributed by atoms with Crippen LogP contribution in [0.5, 0.6) is 11.5 Å². The minimum Gasteiger partial charge on any atom is -0.879 e. The van der Waals surface area contributed by atoms with Crippen molar-refractivity contribution in [3.05, 3.63) is 300 Å². The van der Waals surface area contributed by atoms with Gasteiger partial charge in [0.25, 0.3) is 5.01 Å². The molecule has 1 aliphatic rings. The number of benzene rings is 12. The number of rotatable bonds is 5. The van der Waals surface area contributed by atoms with Crippen molar-refractivity contribution in [2.75, 3.05) is 0 Å². The Morgan fingerprint density at radius 2 is 1.06 bits per heavy atom. The second-order valence-corrected chi connectivity index (χ2v) is 22.6. The molecule has 1 unspecified atom stereocenters. The Hall–Kier alpha value is -9.93. The topological polar surface area (TPSA) is 89.0 Å². The van der Waals surface area contributed by atoms with Gasteiger partial charge in [0.05, 0.1) is 33.6 Å². The maximum Gasteiger partial charge on any atom is 2.00 e. The maximum absolute atomic E-state index is 12.3. The number of thiophene rings is 1. The first-order chi connectivity index (χ1) is 39.8. The van der Waals surface area contributed by atoms with E-state index in [1.807, 2.05) is 103 Å². The summed E-state index contributed by atoms with van der Waals surface area (Å²) in [5.41, 5.74) is 14.7. The van der Waals surface area contributed by atoms with Gasteiger partial charge in [-0.3, -0.25) is 0 Å². The van der Waals surface area contributed by atoms with Gasteiger partial charge >= 0.3 is 10.1 Å². The standard InChI is InChI=1S/C39H26N2.C18H11OS.C17H11NOS.Be/c1-26-15-18-28(19-16-26)39(35-13-7-5-11-31(35)33-23-27(25-40)17-21-36(33)39)29-20-22-38-34(24-29)32-12-6-8-14-37(32)41(38)30-9-3-2-4-10-30;19-16-10-13-6-2-1-5-12(13)9-15(16)18-11-14-7-3-4-8-17(14)20-18;19-15-10-12-6-2-1-5-11(12)9-13(15)17-18-14-7-3-4-8-16(14)20-17;/h2-24H,1H3;2*1-10,19H;/q;-1;;+2/p-1. The van der Waals surface area contributed by atoms with Crippen LogP contribution >= 0.6 is 22.7 Å². The van der Waals surface area contributed by atoms with E-state index in [9.17, 15) is 15.5 Å². The van der Waals surface area contributed by atoms with Crippen LogP contribution < -0.4 is 15.2 Å². The van der Waals surface area contributed by atoms with Gasteiger partial charge in [-0.2, -0.15) is 10.2 Å². The molecule has 0 fully saturated rings. The van der Waals surface area contributed by atoms with Crippen LogP contribution in [0.15, 0.2) is 261 Å². The number of fused-ring (bicyclic) bond motifs is 10. The molecule has 1 atom stereocenters. The second kappa shape index (κ2) is 21.3. The molecule has 15 aromatic rings. The molecule has 5 nitrogen and oxygen atoms in total. The Balaban J connectivity index is 0.000000128. The molecule has 3 heterocycles. The van der Waals surface area contributed by atoms with Crippen LogP contribution in [0.1, 0.15) is 33.4 Å². The Labute approximate surface area is 486 Å². The molecule has 0 saturated carbocycles. The number of aryl methyl sites for hydroxylation is 1. The van der Waals surface area contributed by atoms with Gasteiger partial charge in [-0.25, -0.2) is 11.3 Å². The van der Waals surface area contributed by atoms with Gasteiger partial charge in [0, 0.05) is 22.5 Å². The normalized spacial score (nSPS) is 13.2. The summed E-state index contributed by atoms with van der Waals surface area (Å²) in [6, 6.07) is 95.3. The second-order valence-electron chi connectivity index (χ2n) is 20.4. The molecule has 8 heteroatoms. The molecule has 384 valence electrons. The minimum absolute atomic E-state index is 0. The quantitative estimate of drug-likeness (QED) is 0.127. The largest absolute Gasteiger partial charge is 2.00 e. The summed E-state index contributed by atoms with van der Waals surface area (Å²) in [6.45, 7) is 2.14. The van der Waals surface area contributed by atoms with Crippen molar-refractivity contribution < 1.29 is 15.2 Å². The van der Waals surface area contributed by atoms with E-state index >= 15 is 0 Å². The van der Waals surface area contributed by atoms with E-state index in [4.69, 9.17) is 0 Å². The van der Waals surface area contributed by atoms with Gasteiger partial charge in [-0.05, 0) is 121 Å². The molecular weight excluding hydrogens is 1040 g/mol. The average molecular weight is 1080 g/mol. The maximum atomic E-state index is 12.3. The smallest absolute Gasteiger partial charge is 0.879 e. The van der Waals surface area contributed by atoms with Crippen LogP contribution in [0.3, 0.4) is 0 Å². The van der Waals surface area contributed by atoms with Gasteiger partial charge < -0.3 is 14.8 Å². The third-order valence-corrected chi connectivity index (χ3v) is 17.9. The molecule has 12 aromatic carbocycles. The summed E-state index contributed by atoms with van der Waals surface area (Å²) in [4.78, 5) is 4.25. The molecule has 1 aliphatic carbocycles. The molecule has 0 aliphatic heterocycles. The number of para-hydroxylation sites is 3. The van der Waals surface area contributed by atoms with Gasteiger partial charge in [0.1, 0.15) is 4.70 Å². The minimum atomic E-state index is -0.516. The number of hydrogen-bond donors (Lipinski definition) is 0. The average Bonchev–Trinajstić information content (AvgIpc) is 3.87. The number of nitriles is 1. The number of H-pyrrole nitrogens is 1. The van der Waals surface area contributed by atoms with Gasteiger partial charge in [0.2, 0.25) is 5.52 Å². The number of nitrogens with one attached hydrogen (secondary N) is 1. The molecule has 3 aromatic heterocycles. The first-order valence-electron chi connectivity index (χ1n) is 26.9. The SMILES string of the molecule is Cc1ccc(C2(c3ccc4c(c3)c3ccccc3n4-c3ccccc3)c3ccccc3-c3cc(C#N)ccc32)cc1.[Be+2].[O-]c1cc2ccccc2cc1-c1[c-]c2ccccc2s1.[O-]c1cc2ccccc2cc1-c1[nH+]c2ccccc2s1. The van der Waals surface area contributed by atoms with E-state index < -0.39 is 5.41 Å². The number of nitrogens with zero attached hydrogens (tertiary/aromatic N) is 2. The summed E-state index contributed by atoms with van der Waals surface area (Å²) < 4.78 is 4.69. The summed E-state index contributed by atoms with van der Waals surface area (Å²) in [5, 5.41) is 43.0. The van der Waals surface area contributed by atoms with E-state index in [2.05, 4.69) is 174 Å². The Bertz CT molecular complexity index is 4740. The molecule has 0 bridgehead atoms. The fourth-order valence-corrected chi connectivity index (χ4v) is 13.9. The fourth-order valence-electron chi connectivity index (χ4n) is 11.9. The molecule has 82 heavy (non-hydrogen) atoms. The fraction of sp³-hybridized carbons (Fsp3) is 0.0270. The van der Waals surface area contributed by atoms with E-state index in [-0.39, 0.29) is 21.6 Å². The van der Waals surface area contributed by atoms with Crippen LogP contribution in [0.4, 0.5) is 0 Å². The first-order valence-corrected chi connectivity index (χ1v) is 28.5. The molecule has 0 amide bonds. The summed E-state index contributed by atoms with van der Waals surface area (Å²) in [6.07, 6.45) is 0. The van der Waals surface area contributed by atoms with Crippen molar-refractivity contribution in [1.29, 1.82) is 5.26 Å². The zero-order valence-electron chi connectivity index (χ0n) is 44.6. The predicted molar refractivity (Wildman–Crippen MR) is 337 cm³/mol. The monoisotopic (exact) mass is 1080 g/mol. The Morgan fingerprint density at radius 1 is 0.476 bits per heavy atom. The zero-order valence-corrected chi connectivity index (χ0v) is 46.2. The molecule has 0 saturated heterocycles. The third kappa shape index (κ3) is 8.88. The van der Waals surface area contributed by atoms with E-state index in [1.54, 1.807) is 34.8 Å². The van der Waals surface area contributed by atoms with Crippen molar-refractivity contribution in [2.45, 2.75) is 12.3 Å². The van der Waals surface area contributed by atoms with Crippen molar-refractivity contribution in [2.24, 2.45) is 0 Å². The first kappa shape index (κ1) is 51.5. The van der Waals surface area contributed by atoms with Crippen LogP contribution in [-0.2, 0) is 5.41 Å². The van der Waals surface area contributed by atoms with E-state index in [1.165, 1.54) is 55.2 Å². The zero-order chi connectivity index (χ0) is 54.6. The van der Waals surface area contributed by atoms with Crippen LogP contribution in [0.2, 0.25) is 0 Å². The number of hydrogen-bond acceptors (Lipinski definition) is 5. The van der Waals surface area contributed by atoms with Gasteiger partial charge in [-0.1, -0.05) is 221 Å². The van der Waals surface area contributed by atoms with Crippen molar-refractivity contribution in [1.82, 2.24) is 4.57 Å². The Kier molecular flexibility index (Phi) is 13.4. The number of aromatic nitrogens is 2. The third-order valence-electron chi connectivity index (χ3n) is 15.7. The van der Waals surface area contributed by atoms with Crippen LogP contribution in [0.25, 0.3) is 101 Å². The van der Waals surface area contributed by atoms with E-state index in [0.717, 1.165) is 74.1 Å². The van der Waals surface area contributed by atoms with Crippen LogP contribution in [-0.4, -0.2) is 14.7 Å². The van der Waals surface area contributed by atoms with Crippen LogP contribution in [0, 0.1) is 24.3 Å². The summed E-state index contributed by atoms with van der Waals surface area (Å²) in [7, 11) is 0. The van der Waals surface area contributed by atoms with Crippen molar-refractivity contribution in [3.8, 4) is 55.4 Å². The molecule has 0 spiro atoms. The van der Waals surface area contributed by atoms with Crippen molar-refractivity contribution in [3.63, 3.8) is 0 Å². The number of aromatic amines is 1. The Morgan fingerprint density at radius 3 is 1.79 bits per heavy atom. The van der Waals surface area contributed by atoms with Gasteiger partial charge in [0.15, 0.2) is 0 Å². The van der Waals surface area contributed by atoms with E-state index in [0.29, 0.717) is 5.56 Å². The summed E-state index contributed by atoms with van der Waals surface area (Å²) >= 11 is 3.24. The molecule has 16 rings (SSSR count). The van der Waals surface area contributed by atoms with Crippen molar-refractivity contribution >= 4 is 96.4 Å². The summed E-state index contributed by atoms with van der Waals surface area (Å²) in [5.74, 6) is 0.123. The number of thiazole rings is 1. The molecular formula is C74H47BeN3O2S2.